The lowest BCUT2D eigenvalue weighted by Crippen LogP contribution is -2.33. The third-order valence-electron chi connectivity index (χ3n) is 5.99. The van der Waals surface area contributed by atoms with Gasteiger partial charge in [0, 0.05) is 22.0 Å². The van der Waals surface area contributed by atoms with Gasteiger partial charge < -0.3 is 4.74 Å². The lowest BCUT2D eigenvalue weighted by Gasteiger charge is -2.38. The zero-order valence-corrected chi connectivity index (χ0v) is 18.1. The molecule has 3 nitrogen and oxygen atoms in total. The highest BCUT2D eigenvalue weighted by Crippen LogP contribution is 2.48. The molecule has 2 atom stereocenters. The smallest absolute Gasteiger partial charge is 0.213 e. The normalized spacial score (nSPS) is 19.5. The molecule has 4 aromatic carbocycles. The van der Waals surface area contributed by atoms with Gasteiger partial charge in [-0.1, -0.05) is 64.5 Å². The molecular formula is C26H18BrFN2O. The van der Waals surface area contributed by atoms with E-state index in [0.29, 0.717) is 0 Å². The standard InChI is InChI=1S/C26H18BrFN2O/c27-20-9-12-25-22(14-20)24-15-23(19-6-5-16-3-1-2-4-18(16)13-19)29-30(24)26(31-25)17-7-10-21(28)11-8-17/h1-14,24,26H,15H2/t24-,26+/m0/s1. The van der Waals surface area contributed by atoms with Gasteiger partial charge in [0.25, 0.3) is 0 Å². The largest absolute Gasteiger partial charge is 0.464 e. The second-order valence-corrected chi connectivity index (χ2v) is 8.83. The van der Waals surface area contributed by atoms with E-state index in [0.717, 1.165) is 39.0 Å². The molecule has 0 saturated carbocycles. The molecule has 0 aromatic heterocycles. The summed E-state index contributed by atoms with van der Waals surface area (Å²) in [4.78, 5) is 0. The van der Waals surface area contributed by atoms with E-state index < -0.39 is 6.23 Å². The highest BCUT2D eigenvalue weighted by Gasteiger charge is 2.41. The third kappa shape index (κ3) is 3.20. The van der Waals surface area contributed by atoms with Crippen molar-refractivity contribution in [1.82, 2.24) is 5.01 Å². The first kappa shape index (κ1) is 18.6. The lowest BCUT2D eigenvalue weighted by atomic mass is 9.95. The summed E-state index contributed by atoms with van der Waals surface area (Å²) in [6.45, 7) is 0. The molecule has 0 radical (unpaired) electrons. The number of halogens is 2. The average Bonchev–Trinajstić information content (AvgIpc) is 3.25. The number of rotatable bonds is 2. The number of fused-ring (bicyclic) bond motifs is 4. The average molecular weight is 473 g/mol. The number of nitrogens with zero attached hydrogens (tertiary/aromatic N) is 2. The molecule has 0 saturated heterocycles. The van der Waals surface area contributed by atoms with Crippen molar-refractivity contribution in [1.29, 1.82) is 0 Å². The summed E-state index contributed by atoms with van der Waals surface area (Å²) in [6.07, 6.45) is 0.375. The zero-order valence-electron chi connectivity index (χ0n) is 16.5. The van der Waals surface area contributed by atoms with Gasteiger partial charge in [-0.05, 0) is 52.7 Å². The van der Waals surface area contributed by atoms with Crippen molar-refractivity contribution in [2.24, 2.45) is 5.10 Å². The van der Waals surface area contributed by atoms with Crippen molar-refractivity contribution in [2.75, 3.05) is 0 Å². The van der Waals surface area contributed by atoms with Gasteiger partial charge in [-0.2, -0.15) is 5.10 Å². The van der Waals surface area contributed by atoms with Crippen molar-refractivity contribution >= 4 is 32.4 Å². The van der Waals surface area contributed by atoms with E-state index in [1.165, 1.54) is 22.9 Å². The zero-order chi connectivity index (χ0) is 20.9. The number of benzene rings is 4. The number of ether oxygens (including phenoxy) is 1. The predicted molar refractivity (Wildman–Crippen MR) is 124 cm³/mol. The highest BCUT2D eigenvalue weighted by molar-refractivity contribution is 9.10. The van der Waals surface area contributed by atoms with Crippen molar-refractivity contribution in [3.63, 3.8) is 0 Å². The maximum atomic E-state index is 13.5. The van der Waals surface area contributed by atoms with E-state index in [-0.39, 0.29) is 11.9 Å². The molecule has 0 spiro atoms. The van der Waals surface area contributed by atoms with Crippen LogP contribution in [-0.2, 0) is 0 Å². The second-order valence-electron chi connectivity index (χ2n) is 7.91. The van der Waals surface area contributed by atoms with Crippen LogP contribution < -0.4 is 4.74 Å². The number of hydrazone groups is 1. The maximum absolute atomic E-state index is 13.5. The van der Waals surface area contributed by atoms with Crippen molar-refractivity contribution in [3.8, 4) is 5.75 Å². The lowest BCUT2D eigenvalue weighted by molar-refractivity contribution is -0.0191. The van der Waals surface area contributed by atoms with Crippen LogP contribution in [0, 0.1) is 5.82 Å². The molecule has 0 fully saturated rings. The maximum Gasteiger partial charge on any atom is 0.213 e. The number of hydrogen-bond acceptors (Lipinski definition) is 3. The van der Waals surface area contributed by atoms with Gasteiger partial charge in [-0.15, -0.1) is 0 Å². The van der Waals surface area contributed by atoms with E-state index in [2.05, 4.69) is 64.5 Å². The van der Waals surface area contributed by atoms with Crippen LogP contribution in [0.15, 0.2) is 94.5 Å². The van der Waals surface area contributed by atoms with Gasteiger partial charge in [0.1, 0.15) is 11.6 Å². The molecular weight excluding hydrogens is 455 g/mol. The monoisotopic (exact) mass is 472 g/mol. The Morgan fingerprint density at radius 2 is 1.71 bits per heavy atom. The summed E-state index contributed by atoms with van der Waals surface area (Å²) in [6, 6.07) is 27.4. The first-order valence-electron chi connectivity index (χ1n) is 10.2. The Bertz CT molecular complexity index is 1340. The molecule has 152 valence electrons. The van der Waals surface area contributed by atoms with Crippen LogP contribution in [0.3, 0.4) is 0 Å². The summed E-state index contributed by atoms with van der Waals surface area (Å²) in [5.74, 6) is 0.580. The molecule has 2 aliphatic rings. The molecule has 5 heteroatoms. The minimum absolute atomic E-state index is 0.0535. The topological polar surface area (TPSA) is 24.8 Å². The van der Waals surface area contributed by atoms with E-state index >= 15 is 0 Å². The van der Waals surface area contributed by atoms with Crippen LogP contribution >= 0.6 is 15.9 Å². The summed E-state index contributed by atoms with van der Waals surface area (Å²) in [5, 5.41) is 9.44. The molecule has 0 aliphatic carbocycles. The Hall–Kier alpha value is -3.18. The van der Waals surface area contributed by atoms with Crippen molar-refractivity contribution in [3.05, 3.63) is 112 Å². The van der Waals surface area contributed by atoms with E-state index in [1.807, 2.05) is 17.1 Å². The van der Waals surface area contributed by atoms with Crippen LogP contribution in [0.2, 0.25) is 0 Å². The Balaban J connectivity index is 1.45. The first-order valence-corrected chi connectivity index (χ1v) is 11.0. The third-order valence-corrected chi connectivity index (χ3v) is 6.48. The summed E-state index contributed by atoms with van der Waals surface area (Å²) in [5.41, 5.74) is 4.12. The van der Waals surface area contributed by atoms with Crippen molar-refractivity contribution < 1.29 is 9.13 Å². The van der Waals surface area contributed by atoms with Crippen LogP contribution in [0.5, 0.6) is 5.75 Å². The van der Waals surface area contributed by atoms with E-state index in [4.69, 9.17) is 9.84 Å². The fourth-order valence-corrected chi connectivity index (χ4v) is 4.83. The van der Waals surface area contributed by atoms with Crippen LogP contribution in [0.4, 0.5) is 4.39 Å². The van der Waals surface area contributed by atoms with Crippen LogP contribution in [-0.4, -0.2) is 10.7 Å². The van der Waals surface area contributed by atoms with Gasteiger partial charge in [0.05, 0.1) is 11.8 Å². The van der Waals surface area contributed by atoms with E-state index in [9.17, 15) is 4.39 Å². The molecule has 0 bridgehead atoms. The SMILES string of the molecule is Fc1ccc([C@H]2Oc3ccc(Br)cc3[C@@H]3CC(c4ccc5ccccc5c4)=NN23)cc1. The quantitative estimate of drug-likeness (QED) is 0.314. The summed E-state index contributed by atoms with van der Waals surface area (Å²) >= 11 is 3.59. The molecule has 2 aliphatic heterocycles. The highest BCUT2D eigenvalue weighted by atomic mass is 79.9. The fraction of sp³-hybridized carbons (Fsp3) is 0.115. The van der Waals surface area contributed by atoms with Crippen molar-refractivity contribution in [2.45, 2.75) is 18.7 Å². The summed E-state index contributed by atoms with van der Waals surface area (Å²) < 4.78 is 20.9. The Morgan fingerprint density at radius 1 is 0.903 bits per heavy atom. The predicted octanol–water partition coefficient (Wildman–Crippen LogP) is 6.98. The Kier molecular flexibility index (Phi) is 4.32. The molecule has 0 amide bonds. The molecule has 0 N–H and O–H groups in total. The second kappa shape index (κ2) is 7.20. The van der Waals surface area contributed by atoms with Crippen LogP contribution in [0.25, 0.3) is 10.8 Å². The summed E-state index contributed by atoms with van der Waals surface area (Å²) in [7, 11) is 0. The minimum atomic E-state index is -0.405. The van der Waals surface area contributed by atoms with Crippen LogP contribution in [0.1, 0.15) is 35.4 Å². The van der Waals surface area contributed by atoms with E-state index in [1.54, 1.807) is 12.1 Å². The molecule has 31 heavy (non-hydrogen) atoms. The van der Waals surface area contributed by atoms with Gasteiger partial charge >= 0.3 is 0 Å². The Morgan fingerprint density at radius 3 is 2.55 bits per heavy atom. The molecule has 2 heterocycles. The Labute approximate surface area is 187 Å². The number of hydrogen-bond donors (Lipinski definition) is 0. The minimum Gasteiger partial charge on any atom is -0.464 e. The van der Waals surface area contributed by atoms with Gasteiger partial charge in [-0.3, -0.25) is 0 Å². The van der Waals surface area contributed by atoms with Gasteiger partial charge in [-0.25, -0.2) is 9.40 Å². The first-order chi connectivity index (χ1) is 15.2. The van der Waals surface area contributed by atoms with Gasteiger partial charge in [0.2, 0.25) is 6.23 Å². The molecule has 4 aromatic rings. The molecule has 0 unspecified atom stereocenters. The van der Waals surface area contributed by atoms with Gasteiger partial charge in [0.15, 0.2) is 0 Å². The molecule has 6 rings (SSSR count). The fourth-order valence-electron chi connectivity index (χ4n) is 4.45.